The Morgan fingerprint density at radius 2 is 2.05 bits per heavy atom. The van der Waals surface area contributed by atoms with E-state index < -0.39 is 0 Å². The maximum absolute atomic E-state index is 13.7. The monoisotopic (exact) mass is 434 g/mol. The predicted molar refractivity (Wildman–Crippen MR) is 93.0 cm³/mol. The molecule has 0 N–H and O–H groups in total. The maximum atomic E-state index is 13.7. The second-order valence-corrected chi connectivity index (χ2v) is 6.55. The largest absolute Gasteiger partial charge is 0.294 e. The average molecular weight is 435 g/mol. The van der Waals surface area contributed by atoms with Gasteiger partial charge in [-0.1, -0.05) is 11.6 Å². The summed E-state index contributed by atoms with van der Waals surface area (Å²) >= 11 is 14.2. The van der Waals surface area contributed by atoms with Crippen molar-refractivity contribution in [3.05, 3.63) is 56.1 Å². The summed E-state index contributed by atoms with van der Waals surface area (Å²) in [6.45, 7) is 1.74. The van der Waals surface area contributed by atoms with E-state index in [1.807, 2.05) is 22.8 Å². The fourth-order valence-electron chi connectivity index (χ4n) is 2.27. The van der Waals surface area contributed by atoms with Crippen molar-refractivity contribution in [2.24, 2.45) is 0 Å². The van der Waals surface area contributed by atoms with Gasteiger partial charge in [0.1, 0.15) is 11.6 Å². The minimum atomic E-state index is -0.265. The Bertz CT molecular complexity index is 845. The van der Waals surface area contributed by atoms with E-state index in [0.29, 0.717) is 21.9 Å². The number of aryl methyl sites for hydroxylation is 1. The van der Waals surface area contributed by atoms with E-state index in [0.717, 1.165) is 14.8 Å². The molecule has 0 spiro atoms. The lowest BCUT2D eigenvalue weighted by Gasteiger charge is -2.11. The quantitative estimate of drug-likeness (QED) is 0.386. The molecule has 0 saturated heterocycles. The van der Waals surface area contributed by atoms with Crippen molar-refractivity contribution in [3.8, 4) is 5.69 Å². The molecular formula is C15H10Cl2FIN2. The molecule has 3 aromatic rings. The fraction of sp³-hybridized carbons (Fsp3) is 0.133. The molecule has 2 nitrogen and oxygen atoms in total. The molecule has 0 unspecified atom stereocenters. The third kappa shape index (κ3) is 2.64. The fourth-order valence-corrected chi connectivity index (χ4v) is 3.57. The summed E-state index contributed by atoms with van der Waals surface area (Å²) < 4.78 is 16.7. The van der Waals surface area contributed by atoms with Gasteiger partial charge in [-0.2, -0.15) is 0 Å². The highest BCUT2D eigenvalue weighted by molar-refractivity contribution is 14.1. The molecular weight excluding hydrogens is 425 g/mol. The molecule has 108 valence electrons. The van der Waals surface area contributed by atoms with Gasteiger partial charge in [-0.3, -0.25) is 4.57 Å². The van der Waals surface area contributed by atoms with Crippen LogP contribution in [0.1, 0.15) is 11.4 Å². The molecule has 0 atom stereocenters. The first-order chi connectivity index (χ1) is 10.0. The summed E-state index contributed by atoms with van der Waals surface area (Å²) in [5.41, 5.74) is 2.95. The van der Waals surface area contributed by atoms with Crippen LogP contribution in [-0.4, -0.2) is 9.55 Å². The van der Waals surface area contributed by atoms with Crippen molar-refractivity contribution < 1.29 is 4.39 Å². The summed E-state index contributed by atoms with van der Waals surface area (Å²) in [4.78, 5) is 4.43. The number of hydrogen-bond donors (Lipinski definition) is 0. The SMILES string of the molecule is Cc1cc2c(cc1F)nc(CCl)n2-c1ccc(Cl)cc1I. The van der Waals surface area contributed by atoms with Gasteiger partial charge in [0.05, 0.1) is 22.6 Å². The zero-order valence-electron chi connectivity index (χ0n) is 11.0. The highest BCUT2D eigenvalue weighted by atomic mass is 127. The van der Waals surface area contributed by atoms with Crippen LogP contribution in [0.2, 0.25) is 5.02 Å². The lowest BCUT2D eigenvalue weighted by atomic mass is 10.2. The first kappa shape index (κ1) is 15.1. The maximum Gasteiger partial charge on any atom is 0.129 e. The lowest BCUT2D eigenvalue weighted by molar-refractivity contribution is 0.620. The van der Waals surface area contributed by atoms with E-state index in [1.54, 1.807) is 13.0 Å². The number of alkyl halides is 1. The van der Waals surface area contributed by atoms with Crippen LogP contribution >= 0.6 is 45.8 Å². The van der Waals surface area contributed by atoms with Gasteiger partial charge in [-0.05, 0) is 59.3 Å². The number of aromatic nitrogens is 2. The molecule has 3 rings (SSSR count). The predicted octanol–water partition coefficient (Wildman–Crippen LogP) is 5.47. The Kier molecular flexibility index (Phi) is 4.12. The van der Waals surface area contributed by atoms with E-state index in [-0.39, 0.29) is 11.7 Å². The molecule has 1 heterocycles. The van der Waals surface area contributed by atoms with Crippen LogP contribution in [-0.2, 0) is 5.88 Å². The molecule has 0 saturated carbocycles. The van der Waals surface area contributed by atoms with E-state index in [4.69, 9.17) is 23.2 Å². The Morgan fingerprint density at radius 1 is 1.29 bits per heavy atom. The average Bonchev–Trinajstić information content (AvgIpc) is 2.77. The topological polar surface area (TPSA) is 17.8 Å². The lowest BCUT2D eigenvalue weighted by Crippen LogP contribution is -2.01. The van der Waals surface area contributed by atoms with Gasteiger partial charge in [-0.25, -0.2) is 9.37 Å². The van der Waals surface area contributed by atoms with Crippen molar-refractivity contribution >= 4 is 56.8 Å². The molecule has 0 aliphatic carbocycles. The van der Waals surface area contributed by atoms with E-state index >= 15 is 0 Å². The van der Waals surface area contributed by atoms with Crippen LogP contribution < -0.4 is 0 Å². The van der Waals surface area contributed by atoms with Crippen LogP contribution in [0.4, 0.5) is 4.39 Å². The van der Waals surface area contributed by atoms with Crippen LogP contribution in [0.3, 0.4) is 0 Å². The van der Waals surface area contributed by atoms with Crippen molar-refractivity contribution in [2.75, 3.05) is 0 Å². The zero-order chi connectivity index (χ0) is 15.1. The molecule has 0 aliphatic heterocycles. The number of benzene rings is 2. The van der Waals surface area contributed by atoms with Crippen LogP contribution in [0.5, 0.6) is 0 Å². The van der Waals surface area contributed by atoms with Crippen LogP contribution in [0.15, 0.2) is 30.3 Å². The summed E-state index contributed by atoms with van der Waals surface area (Å²) in [7, 11) is 0. The van der Waals surface area contributed by atoms with Crippen molar-refractivity contribution in [2.45, 2.75) is 12.8 Å². The Morgan fingerprint density at radius 3 is 2.71 bits per heavy atom. The summed E-state index contributed by atoms with van der Waals surface area (Å²) in [5, 5.41) is 0.669. The molecule has 0 bridgehead atoms. The summed E-state index contributed by atoms with van der Waals surface area (Å²) in [6.07, 6.45) is 0. The van der Waals surface area contributed by atoms with Gasteiger partial charge in [0.2, 0.25) is 0 Å². The van der Waals surface area contributed by atoms with Crippen LogP contribution in [0.25, 0.3) is 16.7 Å². The third-order valence-electron chi connectivity index (χ3n) is 3.27. The van der Waals surface area contributed by atoms with Crippen LogP contribution in [0, 0.1) is 16.3 Å². The van der Waals surface area contributed by atoms with Gasteiger partial charge in [0.15, 0.2) is 0 Å². The highest BCUT2D eigenvalue weighted by Crippen LogP contribution is 2.29. The van der Waals surface area contributed by atoms with E-state index in [9.17, 15) is 4.39 Å². The van der Waals surface area contributed by atoms with Crippen molar-refractivity contribution in [1.29, 1.82) is 0 Å². The summed E-state index contributed by atoms with van der Waals surface area (Å²) in [5.74, 6) is 0.657. The first-order valence-corrected chi connectivity index (χ1v) is 8.19. The standard InChI is InChI=1S/C15H10Cl2FIN2/c1-8-4-14-12(6-10(8)18)20-15(7-16)21(14)13-3-2-9(17)5-11(13)19/h2-6H,7H2,1H3. The number of fused-ring (bicyclic) bond motifs is 1. The van der Waals surface area contributed by atoms with Gasteiger partial charge in [0.25, 0.3) is 0 Å². The number of nitrogens with zero attached hydrogens (tertiary/aromatic N) is 2. The third-order valence-corrected chi connectivity index (χ3v) is 4.61. The molecule has 6 heteroatoms. The highest BCUT2D eigenvalue weighted by Gasteiger charge is 2.15. The second kappa shape index (κ2) is 5.74. The van der Waals surface area contributed by atoms with Gasteiger partial charge >= 0.3 is 0 Å². The van der Waals surface area contributed by atoms with Gasteiger partial charge in [-0.15, -0.1) is 11.6 Å². The minimum Gasteiger partial charge on any atom is -0.294 e. The Balaban J connectivity index is 2.37. The summed E-state index contributed by atoms with van der Waals surface area (Å²) in [6, 6.07) is 8.84. The smallest absolute Gasteiger partial charge is 0.129 e. The van der Waals surface area contributed by atoms with Gasteiger partial charge < -0.3 is 0 Å². The molecule has 0 fully saturated rings. The molecule has 2 aromatic carbocycles. The van der Waals surface area contributed by atoms with Gasteiger partial charge in [0, 0.05) is 14.7 Å². The first-order valence-electron chi connectivity index (χ1n) is 6.20. The molecule has 0 amide bonds. The number of rotatable bonds is 2. The normalized spacial score (nSPS) is 11.3. The second-order valence-electron chi connectivity index (χ2n) is 4.68. The Hall–Kier alpha value is -0.850. The van der Waals surface area contributed by atoms with Crippen molar-refractivity contribution in [1.82, 2.24) is 9.55 Å². The molecule has 0 aliphatic rings. The molecule has 0 radical (unpaired) electrons. The van der Waals surface area contributed by atoms with E-state index in [2.05, 4.69) is 27.6 Å². The number of halogens is 4. The van der Waals surface area contributed by atoms with E-state index in [1.165, 1.54) is 6.07 Å². The van der Waals surface area contributed by atoms with Crippen molar-refractivity contribution in [3.63, 3.8) is 0 Å². The minimum absolute atomic E-state index is 0.244. The zero-order valence-corrected chi connectivity index (χ0v) is 14.7. The number of hydrogen-bond acceptors (Lipinski definition) is 1. The Labute approximate surface area is 145 Å². The molecule has 21 heavy (non-hydrogen) atoms. The number of imidazole rings is 1. The molecule has 1 aromatic heterocycles.